The van der Waals surface area contributed by atoms with Crippen molar-refractivity contribution in [2.45, 2.75) is 51.6 Å². The molecule has 0 radical (unpaired) electrons. The molecule has 1 aromatic carbocycles. The Morgan fingerprint density at radius 2 is 2.15 bits per heavy atom. The van der Waals surface area contributed by atoms with Gasteiger partial charge >= 0.3 is 0 Å². The van der Waals surface area contributed by atoms with E-state index in [9.17, 15) is 0 Å². The van der Waals surface area contributed by atoms with Crippen LogP contribution in [0.25, 0.3) is 0 Å². The highest BCUT2D eigenvalue weighted by atomic mass is 16.5. The molecule has 1 heterocycles. The molecule has 2 nitrogen and oxygen atoms in total. The number of hydrogen-bond donors (Lipinski definition) is 0. The molecule has 2 heteroatoms. The summed E-state index contributed by atoms with van der Waals surface area (Å²) in [7, 11) is 1.75. The first-order valence-electron chi connectivity index (χ1n) is 7.97. The van der Waals surface area contributed by atoms with Gasteiger partial charge in [-0.25, -0.2) is 0 Å². The maximum Gasteiger partial charge on any atom is 0.119 e. The Balaban J connectivity index is 1.85. The lowest BCUT2D eigenvalue weighted by atomic mass is 9.69. The molecule has 1 aromatic rings. The van der Waals surface area contributed by atoms with Gasteiger partial charge in [0, 0.05) is 6.61 Å². The van der Waals surface area contributed by atoms with E-state index in [0.717, 1.165) is 18.3 Å². The molecule has 0 amide bonds. The number of ether oxygens (including phenoxy) is 2. The van der Waals surface area contributed by atoms with Crippen LogP contribution in [-0.4, -0.2) is 19.8 Å². The maximum absolute atomic E-state index is 6.09. The van der Waals surface area contributed by atoms with Gasteiger partial charge < -0.3 is 9.47 Å². The number of benzene rings is 1. The first kappa shape index (κ1) is 13.9. The second-order valence-corrected chi connectivity index (χ2v) is 6.70. The summed E-state index contributed by atoms with van der Waals surface area (Å²) in [5.74, 6) is 3.12. The van der Waals surface area contributed by atoms with Crippen molar-refractivity contribution >= 4 is 0 Å². The Labute approximate surface area is 122 Å². The molecule has 1 aliphatic heterocycles. The minimum atomic E-state index is 0.462. The molecule has 1 aliphatic carbocycles. The minimum absolute atomic E-state index is 0.462. The number of fused-ring (bicyclic) bond motifs is 3. The maximum atomic E-state index is 6.09. The van der Waals surface area contributed by atoms with Crippen molar-refractivity contribution < 1.29 is 9.47 Å². The van der Waals surface area contributed by atoms with Gasteiger partial charge in [0.05, 0.1) is 13.2 Å². The predicted molar refractivity (Wildman–Crippen MR) is 81.4 cm³/mol. The van der Waals surface area contributed by atoms with E-state index in [-0.39, 0.29) is 0 Å². The van der Waals surface area contributed by atoms with E-state index in [2.05, 4.69) is 32.0 Å². The average molecular weight is 274 g/mol. The van der Waals surface area contributed by atoms with Crippen LogP contribution in [0.3, 0.4) is 0 Å². The fourth-order valence-electron chi connectivity index (χ4n) is 4.03. The zero-order chi connectivity index (χ0) is 14.1. The quantitative estimate of drug-likeness (QED) is 0.823. The summed E-state index contributed by atoms with van der Waals surface area (Å²) >= 11 is 0. The van der Waals surface area contributed by atoms with Crippen LogP contribution in [-0.2, 0) is 11.2 Å². The van der Waals surface area contributed by atoms with Crippen LogP contribution in [0.5, 0.6) is 5.75 Å². The van der Waals surface area contributed by atoms with Crippen molar-refractivity contribution in [3.8, 4) is 5.75 Å². The van der Waals surface area contributed by atoms with E-state index in [0.29, 0.717) is 17.9 Å². The molecule has 3 rings (SSSR count). The van der Waals surface area contributed by atoms with Gasteiger partial charge in [-0.2, -0.15) is 0 Å². The van der Waals surface area contributed by atoms with Crippen LogP contribution in [0.15, 0.2) is 18.2 Å². The molecule has 20 heavy (non-hydrogen) atoms. The normalized spacial score (nSPS) is 28.9. The second-order valence-electron chi connectivity index (χ2n) is 6.70. The molecule has 3 atom stereocenters. The monoisotopic (exact) mass is 274 g/mol. The zero-order valence-corrected chi connectivity index (χ0v) is 12.9. The Morgan fingerprint density at radius 3 is 2.90 bits per heavy atom. The predicted octanol–water partition coefficient (Wildman–Crippen LogP) is 4.18. The summed E-state index contributed by atoms with van der Waals surface area (Å²) in [4.78, 5) is 0. The molecule has 0 saturated carbocycles. The van der Waals surface area contributed by atoms with Crippen molar-refractivity contribution in [3.63, 3.8) is 0 Å². The van der Waals surface area contributed by atoms with Crippen molar-refractivity contribution in [1.82, 2.24) is 0 Å². The fraction of sp³-hybridized carbons (Fsp3) is 0.667. The third-order valence-electron chi connectivity index (χ3n) is 4.96. The number of rotatable bonds is 3. The Kier molecular flexibility index (Phi) is 4.02. The lowest BCUT2D eigenvalue weighted by molar-refractivity contribution is -0.0534. The molecule has 0 bridgehead atoms. The molecule has 0 aromatic heterocycles. The van der Waals surface area contributed by atoms with E-state index in [4.69, 9.17) is 9.47 Å². The lowest BCUT2D eigenvalue weighted by Crippen LogP contribution is -2.38. The van der Waals surface area contributed by atoms with Crippen LogP contribution in [0.1, 0.15) is 50.2 Å². The Morgan fingerprint density at radius 1 is 1.30 bits per heavy atom. The van der Waals surface area contributed by atoms with Crippen LogP contribution in [0.2, 0.25) is 0 Å². The number of hydrogen-bond acceptors (Lipinski definition) is 2. The molecule has 0 N–H and O–H groups in total. The van der Waals surface area contributed by atoms with Gasteiger partial charge in [0.25, 0.3) is 0 Å². The van der Waals surface area contributed by atoms with Crippen LogP contribution in [0.4, 0.5) is 0 Å². The number of aryl methyl sites for hydroxylation is 1. The average Bonchev–Trinajstić information content (AvgIpc) is 2.46. The lowest BCUT2D eigenvalue weighted by Gasteiger charge is -2.43. The first-order chi connectivity index (χ1) is 9.69. The molecule has 2 aliphatic rings. The van der Waals surface area contributed by atoms with Crippen LogP contribution in [0, 0.1) is 11.8 Å². The van der Waals surface area contributed by atoms with Crippen molar-refractivity contribution in [2.24, 2.45) is 11.8 Å². The highest BCUT2D eigenvalue weighted by Gasteiger charge is 2.38. The van der Waals surface area contributed by atoms with Gasteiger partial charge in [0.15, 0.2) is 0 Å². The van der Waals surface area contributed by atoms with E-state index in [1.807, 2.05) is 0 Å². The van der Waals surface area contributed by atoms with Crippen LogP contribution < -0.4 is 4.74 Å². The third kappa shape index (κ3) is 2.58. The smallest absolute Gasteiger partial charge is 0.119 e. The summed E-state index contributed by atoms with van der Waals surface area (Å²) in [5.41, 5.74) is 3.05. The molecule has 110 valence electrons. The standard InChI is InChI=1S/C18H26O2/c1-12(2)10-18-17-6-4-13-11-14(19-3)5-7-15(13)16(17)8-9-20-18/h5,7,11-12,16-18H,4,6,8-10H2,1-3H3/t16-,17-,18+/m0/s1. The molecular weight excluding hydrogens is 248 g/mol. The summed E-state index contributed by atoms with van der Waals surface area (Å²) < 4.78 is 11.5. The fourth-order valence-corrected chi connectivity index (χ4v) is 4.03. The van der Waals surface area contributed by atoms with Gasteiger partial charge in [-0.3, -0.25) is 0 Å². The van der Waals surface area contributed by atoms with E-state index >= 15 is 0 Å². The van der Waals surface area contributed by atoms with Gasteiger partial charge in [-0.15, -0.1) is 0 Å². The molecular formula is C18H26O2. The van der Waals surface area contributed by atoms with Gasteiger partial charge in [0.1, 0.15) is 5.75 Å². The molecule has 1 fully saturated rings. The highest BCUT2D eigenvalue weighted by Crippen LogP contribution is 2.45. The summed E-state index contributed by atoms with van der Waals surface area (Å²) in [5, 5.41) is 0. The zero-order valence-electron chi connectivity index (χ0n) is 12.9. The van der Waals surface area contributed by atoms with E-state index < -0.39 is 0 Å². The largest absolute Gasteiger partial charge is 0.497 e. The van der Waals surface area contributed by atoms with E-state index in [1.54, 1.807) is 12.7 Å². The molecule has 0 spiro atoms. The minimum Gasteiger partial charge on any atom is -0.497 e. The summed E-state index contributed by atoms with van der Waals surface area (Å²) in [6.45, 7) is 5.52. The topological polar surface area (TPSA) is 18.5 Å². The Hall–Kier alpha value is -1.02. The molecule has 1 saturated heterocycles. The summed E-state index contributed by atoms with van der Waals surface area (Å²) in [6.07, 6.45) is 5.28. The van der Waals surface area contributed by atoms with Gasteiger partial charge in [-0.05, 0) is 66.7 Å². The third-order valence-corrected chi connectivity index (χ3v) is 4.96. The van der Waals surface area contributed by atoms with Crippen molar-refractivity contribution in [3.05, 3.63) is 29.3 Å². The highest BCUT2D eigenvalue weighted by molar-refractivity contribution is 5.40. The molecule has 0 unspecified atom stereocenters. The summed E-state index contributed by atoms with van der Waals surface area (Å²) in [6, 6.07) is 6.65. The van der Waals surface area contributed by atoms with E-state index in [1.165, 1.54) is 31.2 Å². The Bertz CT molecular complexity index is 466. The van der Waals surface area contributed by atoms with Crippen molar-refractivity contribution in [1.29, 1.82) is 0 Å². The van der Waals surface area contributed by atoms with Gasteiger partial charge in [-0.1, -0.05) is 19.9 Å². The van der Waals surface area contributed by atoms with Crippen LogP contribution >= 0.6 is 0 Å². The second kappa shape index (κ2) is 5.77. The first-order valence-corrected chi connectivity index (χ1v) is 7.97. The SMILES string of the molecule is COc1ccc2c(c1)CC[C@@H]1[C@@H](CC(C)C)OCC[C@@H]21. The van der Waals surface area contributed by atoms with Crippen molar-refractivity contribution in [2.75, 3.05) is 13.7 Å². The number of methoxy groups -OCH3 is 1. The van der Waals surface area contributed by atoms with Gasteiger partial charge in [0.2, 0.25) is 0 Å².